The molecule has 2 rings (SSSR count). The van der Waals surface area contributed by atoms with E-state index in [4.69, 9.17) is 14.6 Å². The van der Waals surface area contributed by atoms with Gasteiger partial charge in [-0.05, 0) is 12.3 Å². The van der Waals surface area contributed by atoms with Crippen molar-refractivity contribution in [2.45, 2.75) is 11.0 Å². The molecule has 1 aliphatic rings. The predicted octanol–water partition coefficient (Wildman–Crippen LogP) is 1.26. The number of benzene rings is 1. The molecule has 0 aromatic heterocycles. The summed E-state index contributed by atoms with van der Waals surface area (Å²) in [5.74, 6) is -0.204. The number of rotatable bonds is 3. The number of ether oxygens (including phenoxy) is 2. The van der Waals surface area contributed by atoms with Crippen molar-refractivity contribution in [2.75, 3.05) is 13.0 Å². The third-order valence-electron chi connectivity index (χ3n) is 2.26. The number of carbonyl (C=O) groups is 1. The van der Waals surface area contributed by atoms with E-state index in [1.54, 1.807) is 12.3 Å². The number of thioether (sulfide) groups is 1. The van der Waals surface area contributed by atoms with Crippen molar-refractivity contribution in [3.8, 4) is 11.5 Å². The van der Waals surface area contributed by atoms with E-state index in [1.807, 2.05) is 0 Å². The van der Waals surface area contributed by atoms with E-state index in [-0.39, 0.29) is 6.79 Å². The van der Waals surface area contributed by atoms with E-state index in [0.29, 0.717) is 22.0 Å². The fraction of sp³-hybridized carbons (Fsp3) is 0.300. The van der Waals surface area contributed by atoms with Gasteiger partial charge in [-0.15, -0.1) is 11.8 Å². The minimum absolute atomic E-state index is 0.121. The van der Waals surface area contributed by atoms with Gasteiger partial charge >= 0.3 is 5.97 Å². The van der Waals surface area contributed by atoms with Gasteiger partial charge in [-0.1, -0.05) is 6.07 Å². The number of aliphatic hydroxyl groups is 1. The average molecular weight is 242 g/mol. The van der Waals surface area contributed by atoms with E-state index in [1.165, 1.54) is 17.8 Å². The second-order valence-electron chi connectivity index (χ2n) is 3.16. The van der Waals surface area contributed by atoms with Gasteiger partial charge in [0.25, 0.3) is 0 Å². The van der Waals surface area contributed by atoms with Crippen LogP contribution in [0.25, 0.3) is 0 Å². The highest BCUT2D eigenvalue weighted by molar-refractivity contribution is 7.98. The summed E-state index contributed by atoms with van der Waals surface area (Å²) in [6.07, 6.45) is 0.243. The first-order valence-electron chi connectivity index (χ1n) is 4.52. The summed E-state index contributed by atoms with van der Waals surface area (Å²) in [6, 6.07) is 3.14. The van der Waals surface area contributed by atoms with E-state index < -0.39 is 12.1 Å². The molecule has 1 atom stereocenters. The number of hydrogen-bond acceptors (Lipinski definition) is 5. The van der Waals surface area contributed by atoms with Crippen molar-refractivity contribution in [3.63, 3.8) is 0 Å². The fourth-order valence-electron chi connectivity index (χ4n) is 1.52. The summed E-state index contributed by atoms with van der Waals surface area (Å²) in [4.78, 5) is 11.3. The van der Waals surface area contributed by atoms with Crippen LogP contribution in [0.4, 0.5) is 0 Å². The average Bonchev–Trinajstić information content (AvgIpc) is 2.74. The second kappa shape index (κ2) is 4.23. The monoisotopic (exact) mass is 242 g/mol. The molecule has 0 saturated carbocycles. The molecule has 0 fully saturated rings. The molecule has 1 heterocycles. The molecule has 2 N–H and O–H groups in total. The van der Waals surface area contributed by atoms with E-state index >= 15 is 0 Å². The van der Waals surface area contributed by atoms with Gasteiger partial charge in [0.15, 0.2) is 17.6 Å². The molecule has 0 amide bonds. The lowest BCUT2D eigenvalue weighted by molar-refractivity contribution is -0.147. The van der Waals surface area contributed by atoms with Gasteiger partial charge in [0.05, 0.1) is 4.90 Å². The van der Waals surface area contributed by atoms with Gasteiger partial charge < -0.3 is 19.7 Å². The van der Waals surface area contributed by atoms with Crippen LogP contribution in [0.1, 0.15) is 11.7 Å². The van der Waals surface area contributed by atoms with Crippen LogP contribution in [-0.4, -0.2) is 29.2 Å². The van der Waals surface area contributed by atoms with Gasteiger partial charge in [0.2, 0.25) is 6.79 Å². The topological polar surface area (TPSA) is 76.0 Å². The maximum absolute atomic E-state index is 10.7. The van der Waals surface area contributed by atoms with Crippen molar-refractivity contribution < 1.29 is 24.5 Å². The van der Waals surface area contributed by atoms with Crippen LogP contribution in [0.2, 0.25) is 0 Å². The van der Waals surface area contributed by atoms with Crippen molar-refractivity contribution in [1.29, 1.82) is 0 Å². The zero-order valence-electron chi connectivity index (χ0n) is 8.47. The van der Waals surface area contributed by atoms with E-state index in [9.17, 15) is 9.90 Å². The smallest absolute Gasteiger partial charge is 0.337 e. The minimum Gasteiger partial charge on any atom is -0.479 e. The fourth-order valence-corrected chi connectivity index (χ4v) is 2.28. The molecule has 6 heteroatoms. The lowest BCUT2D eigenvalue weighted by Crippen LogP contribution is -2.11. The number of carboxylic acids is 1. The third kappa shape index (κ3) is 1.70. The highest BCUT2D eigenvalue weighted by atomic mass is 32.2. The molecule has 1 unspecified atom stereocenters. The molecule has 1 aliphatic heterocycles. The molecule has 1 aromatic rings. The van der Waals surface area contributed by atoms with Crippen molar-refractivity contribution in [1.82, 2.24) is 0 Å². The standard InChI is InChI=1S/C10H10O5S/c1-16-9-5(7(11)10(12)13)2-3-6-8(9)15-4-14-6/h2-3,7,11H,4H2,1H3,(H,12,13). The molecular formula is C10H10O5S. The highest BCUT2D eigenvalue weighted by Crippen LogP contribution is 2.44. The second-order valence-corrected chi connectivity index (χ2v) is 3.98. The third-order valence-corrected chi connectivity index (χ3v) is 3.09. The molecule has 5 nitrogen and oxygen atoms in total. The Kier molecular flexibility index (Phi) is 2.93. The Bertz CT molecular complexity index is 431. The maximum atomic E-state index is 10.7. The minimum atomic E-state index is -1.54. The van der Waals surface area contributed by atoms with Crippen LogP contribution in [0, 0.1) is 0 Å². The van der Waals surface area contributed by atoms with Crippen LogP contribution in [0.5, 0.6) is 11.5 Å². The Morgan fingerprint density at radius 2 is 2.25 bits per heavy atom. The maximum Gasteiger partial charge on any atom is 0.337 e. The predicted molar refractivity (Wildman–Crippen MR) is 56.9 cm³/mol. The number of hydrogen-bond donors (Lipinski definition) is 2. The lowest BCUT2D eigenvalue weighted by atomic mass is 10.1. The van der Waals surface area contributed by atoms with Crippen LogP contribution in [-0.2, 0) is 4.79 Å². The summed E-state index contributed by atoms with van der Waals surface area (Å²) in [5.41, 5.74) is 0.323. The number of aliphatic carboxylic acids is 1. The first-order valence-corrected chi connectivity index (χ1v) is 5.75. The Balaban J connectivity index is 2.50. The molecule has 86 valence electrons. The number of fused-ring (bicyclic) bond motifs is 1. The molecular weight excluding hydrogens is 232 g/mol. The number of aliphatic hydroxyl groups excluding tert-OH is 1. The molecule has 16 heavy (non-hydrogen) atoms. The molecule has 1 aromatic carbocycles. The Morgan fingerprint density at radius 3 is 2.88 bits per heavy atom. The number of carboxylic acid groups (broad SMARTS) is 1. The summed E-state index contributed by atoms with van der Waals surface area (Å²) in [7, 11) is 0. The lowest BCUT2D eigenvalue weighted by Gasteiger charge is -2.12. The Hall–Kier alpha value is -1.40. The van der Waals surface area contributed by atoms with Gasteiger partial charge in [-0.25, -0.2) is 4.79 Å². The summed E-state index contributed by atoms with van der Waals surface area (Å²) < 4.78 is 10.4. The zero-order valence-corrected chi connectivity index (χ0v) is 9.28. The van der Waals surface area contributed by atoms with Gasteiger partial charge in [-0.2, -0.15) is 0 Å². The van der Waals surface area contributed by atoms with Gasteiger partial charge in [0, 0.05) is 5.56 Å². The van der Waals surface area contributed by atoms with Crippen molar-refractivity contribution in [2.24, 2.45) is 0 Å². The summed E-state index contributed by atoms with van der Waals surface area (Å²) in [6.45, 7) is 0.121. The Labute approximate surface area is 96.0 Å². The van der Waals surface area contributed by atoms with Gasteiger partial charge in [-0.3, -0.25) is 0 Å². The quantitative estimate of drug-likeness (QED) is 0.777. The SMILES string of the molecule is CSc1c(C(O)C(=O)O)ccc2c1OCO2. The van der Waals surface area contributed by atoms with E-state index in [2.05, 4.69) is 0 Å². The Morgan fingerprint density at radius 1 is 1.50 bits per heavy atom. The van der Waals surface area contributed by atoms with Crippen LogP contribution in [0.15, 0.2) is 17.0 Å². The summed E-state index contributed by atoms with van der Waals surface area (Å²) >= 11 is 1.32. The molecule has 0 saturated heterocycles. The molecule has 0 spiro atoms. The normalized spacial score (nSPS) is 14.9. The van der Waals surface area contributed by atoms with Gasteiger partial charge in [0.1, 0.15) is 0 Å². The van der Waals surface area contributed by atoms with Crippen LogP contribution >= 0.6 is 11.8 Å². The van der Waals surface area contributed by atoms with Crippen LogP contribution in [0.3, 0.4) is 0 Å². The first-order chi connectivity index (χ1) is 7.65. The van der Waals surface area contributed by atoms with Crippen molar-refractivity contribution in [3.05, 3.63) is 17.7 Å². The molecule has 0 radical (unpaired) electrons. The molecule has 0 aliphatic carbocycles. The van der Waals surface area contributed by atoms with Crippen LogP contribution < -0.4 is 9.47 Å². The van der Waals surface area contributed by atoms with Crippen molar-refractivity contribution >= 4 is 17.7 Å². The van der Waals surface area contributed by atoms with E-state index in [0.717, 1.165) is 0 Å². The first kappa shape index (κ1) is 11.1. The summed E-state index contributed by atoms with van der Waals surface area (Å²) in [5, 5.41) is 18.3. The molecule has 0 bridgehead atoms. The zero-order chi connectivity index (χ0) is 11.7. The highest BCUT2D eigenvalue weighted by Gasteiger charge is 2.26. The largest absolute Gasteiger partial charge is 0.479 e.